The molecule has 2 heterocycles. The van der Waals surface area contributed by atoms with Crippen LogP contribution in [0.3, 0.4) is 0 Å². The number of ether oxygens (including phenoxy) is 1. The highest BCUT2D eigenvalue weighted by Gasteiger charge is 2.32. The molecule has 0 bridgehead atoms. The lowest BCUT2D eigenvalue weighted by Gasteiger charge is -2.31. The minimum Gasteiger partial charge on any atom is -0.444 e. The number of carbonyl (C=O) groups excluding carboxylic acids is 1. The van der Waals surface area contributed by atoms with E-state index in [2.05, 4.69) is 22.9 Å². The first kappa shape index (κ1) is 16.6. The monoisotopic (exact) mass is 305 g/mol. The molecular formula is C17H27N3O2. The molecule has 1 aliphatic rings. The van der Waals surface area contributed by atoms with Crippen LogP contribution in [-0.4, -0.2) is 47.8 Å². The molecule has 1 saturated heterocycles. The Balaban J connectivity index is 2.00. The van der Waals surface area contributed by atoms with Gasteiger partial charge in [-0.15, -0.1) is 0 Å². The van der Waals surface area contributed by atoms with Crippen LogP contribution in [0.4, 0.5) is 10.6 Å². The summed E-state index contributed by atoms with van der Waals surface area (Å²) in [6.07, 6.45) is 3.65. The molecule has 5 heteroatoms. The molecule has 1 aliphatic heterocycles. The number of likely N-dealkylation sites (N-methyl/N-ethyl adjacent to an activating group) is 1. The van der Waals surface area contributed by atoms with Crippen LogP contribution < -0.4 is 4.90 Å². The lowest BCUT2D eigenvalue weighted by atomic mass is 10.2. The Hall–Kier alpha value is -1.78. The molecule has 1 atom stereocenters. The molecule has 0 saturated carbocycles. The first-order chi connectivity index (χ1) is 10.3. The number of pyridine rings is 1. The molecular weight excluding hydrogens is 278 g/mol. The Bertz CT molecular complexity index is 525. The van der Waals surface area contributed by atoms with Crippen LogP contribution in [0, 0.1) is 6.92 Å². The van der Waals surface area contributed by atoms with E-state index in [-0.39, 0.29) is 12.1 Å². The first-order valence-corrected chi connectivity index (χ1v) is 7.90. The van der Waals surface area contributed by atoms with Gasteiger partial charge < -0.3 is 14.5 Å². The molecule has 1 aromatic rings. The highest BCUT2D eigenvalue weighted by Crippen LogP contribution is 2.22. The van der Waals surface area contributed by atoms with Crippen LogP contribution >= 0.6 is 0 Å². The van der Waals surface area contributed by atoms with Crippen LogP contribution in [0.2, 0.25) is 0 Å². The first-order valence-electron chi connectivity index (χ1n) is 7.90. The van der Waals surface area contributed by atoms with Gasteiger partial charge in [-0.05, 0) is 58.2 Å². The molecule has 5 nitrogen and oxygen atoms in total. The summed E-state index contributed by atoms with van der Waals surface area (Å²) in [5.74, 6) is 0.941. The molecule has 1 amide bonds. The maximum atomic E-state index is 12.3. The lowest BCUT2D eigenvalue weighted by Crippen LogP contribution is -2.44. The summed E-state index contributed by atoms with van der Waals surface area (Å²) >= 11 is 0. The number of nitrogens with zero attached hydrogens (tertiary/aromatic N) is 3. The van der Waals surface area contributed by atoms with Crippen molar-refractivity contribution in [2.75, 3.05) is 25.0 Å². The summed E-state index contributed by atoms with van der Waals surface area (Å²) in [6, 6.07) is 4.23. The van der Waals surface area contributed by atoms with Gasteiger partial charge in [0.15, 0.2) is 0 Å². The van der Waals surface area contributed by atoms with Gasteiger partial charge in [-0.2, -0.15) is 0 Å². The van der Waals surface area contributed by atoms with Crippen molar-refractivity contribution in [3.8, 4) is 0 Å². The number of hydrogen-bond donors (Lipinski definition) is 0. The molecule has 0 spiro atoms. The molecule has 0 aromatic carbocycles. The van der Waals surface area contributed by atoms with Gasteiger partial charge in [0.25, 0.3) is 0 Å². The Morgan fingerprint density at radius 1 is 1.50 bits per heavy atom. The molecule has 122 valence electrons. The van der Waals surface area contributed by atoms with Gasteiger partial charge in [0, 0.05) is 26.3 Å². The molecule has 0 aliphatic carbocycles. The SMILES string of the molecule is Cc1ccnc(N(C)C[C@@H]2CCCN2C(=O)OC(C)(C)C)c1. The fourth-order valence-corrected chi connectivity index (χ4v) is 2.73. The molecule has 2 rings (SSSR count). The zero-order valence-corrected chi connectivity index (χ0v) is 14.3. The normalized spacial score (nSPS) is 18.4. The number of aryl methyl sites for hydroxylation is 1. The zero-order chi connectivity index (χ0) is 16.3. The summed E-state index contributed by atoms with van der Waals surface area (Å²) in [5, 5.41) is 0. The van der Waals surface area contributed by atoms with E-state index in [1.807, 2.05) is 45.0 Å². The number of hydrogen-bond acceptors (Lipinski definition) is 4. The number of likely N-dealkylation sites (tertiary alicyclic amines) is 1. The van der Waals surface area contributed by atoms with Crippen LogP contribution in [0.5, 0.6) is 0 Å². The van der Waals surface area contributed by atoms with Gasteiger partial charge in [-0.25, -0.2) is 9.78 Å². The fraction of sp³-hybridized carbons (Fsp3) is 0.647. The van der Waals surface area contributed by atoms with E-state index in [0.717, 1.165) is 31.7 Å². The second-order valence-electron chi connectivity index (χ2n) is 7.04. The predicted molar refractivity (Wildman–Crippen MR) is 88.2 cm³/mol. The summed E-state index contributed by atoms with van der Waals surface area (Å²) in [5.41, 5.74) is 0.737. The Labute approximate surface area is 133 Å². The smallest absolute Gasteiger partial charge is 0.410 e. The highest BCUT2D eigenvalue weighted by molar-refractivity contribution is 5.69. The number of aromatic nitrogens is 1. The Morgan fingerprint density at radius 3 is 2.86 bits per heavy atom. The third-order valence-electron chi connectivity index (χ3n) is 3.78. The maximum absolute atomic E-state index is 12.3. The van der Waals surface area contributed by atoms with Gasteiger partial charge in [-0.1, -0.05) is 0 Å². The zero-order valence-electron chi connectivity index (χ0n) is 14.3. The van der Waals surface area contributed by atoms with Crippen molar-refractivity contribution in [1.82, 2.24) is 9.88 Å². The van der Waals surface area contributed by atoms with E-state index in [4.69, 9.17) is 4.74 Å². The highest BCUT2D eigenvalue weighted by atomic mass is 16.6. The lowest BCUT2D eigenvalue weighted by molar-refractivity contribution is 0.0232. The largest absolute Gasteiger partial charge is 0.444 e. The van der Waals surface area contributed by atoms with Gasteiger partial charge in [0.2, 0.25) is 0 Å². The number of rotatable bonds is 3. The summed E-state index contributed by atoms with van der Waals surface area (Å²) in [4.78, 5) is 20.7. The van der Waals surface area contributed by atoms with E-state index >= 15 is 0 Å². The summed E-state index contributed by atoms with van der Waals surface area (Å²) in [6.45, 7) is 9.31. The van der Waals surface area contributed by atoms with Crippen molar-refractivity contribution in [1.29, 1.82) is 0 Å². The molecule has 0 radical (unpaired) electrons. The van der Waals surface area contributed by atoms with Crippen molar-refractivity contribution < 1.29 is 9.53 Å². The van der Waals surface area contributed by atoms with Crippen molar-refractivity contribution in [3.63, 3.8) is 0 Å². The summed E-state index contributed by atoms with van der Waals surface area (Å²) in [7, 11) is 2.02. The van der Waals surface area contributed by atoms with Crippen LogP contribution in [0.25, 0.3) is 0 Å². The van der Waals surface area contributed by atoms with E-state index in [9.17, 15) is 4.79 Å². The number of amides is 1. The van der Waals surface area contributed by atoms with Crippen molar-refractivity contribution in [2.24, 2.45) is 0 Å². The van der Waals surface area contributed by atoms with Gasteiger partial charge in [0.05, 0.1) is 6.04 Å². The van der Waals surface area contributed by atoms with Crippen molar-refractivity contribution in [3.05, 3.63) is 23.9 Å². The van der Waals surface area contributed by atoms with E-state index in [0.29, 0.717) is 0 Å². The van der Waals surface area contributed by atoms with Gasteiger partial charge in [0.1, 0.15) is 11.4 Å². The third-order valence-corrected chi connectivity index (χ3v) is 3.78. The van der Waals surface area contributed by atoms with E-state index in [1.165, 1.54) is 5.56 Å². The summed E-state index contributed by atoms with van der Waals surface area (Å²) < 4.78 is 5.51. The van der Waals surface area contributed by atoms with Crippen LogP contribution in [0.15, 0.2) is 18.3 Å². The third kappa shape index (κ3) is 4.36. The number of carbonyl (C=O) groups is 1. The van der Waals surface area contributed by atoms with Crippen molar-refractivity contribution in [2.45, 2.75) is 52.2 Å². The number of anilines is 1. The predicted octanol–water partition coefficient (Wildman–Crippen LogP) is 3.23. The molecule has 1 fully saturated rings. The standard InChI is InChI=1S/C17H27N3O2/c1-13-8-9-18-15(11-13)19(5)12-14-7-6-10-20(14)16(21)22-17(2,3)4/h8-9,11,14H,6-7,10,12H2,1-5H3/t14-/m0/s1. The second kappa shape index (κ2) is 6.55. The average molecular weight is 305 g/mol. The van der Waals surface area contributed by atoms with Crippen LogP contribution in [-0.2, 0) is 4.74 Å². The second-order valence-corrected chi connectivity index (χ2v) is 7.04. The molecule has 22 heavy (non-hydrogen) atoms. The van der Waals surface area contributed by atoms with Crippen molar-refractivity contribution >= 4 is 11.9 Å². The molecule has 0 N–H and O–H groups in total. The minimum absolute atomic E-state index is 0.183. The van der Waals surface area contributed by atoms with Gasteiger partial charge >= 0.3 is 6.09 Å². The van der Waals surface area contributed by atoms with E-state index in [1.54, 1.807) is 0 Å². The Kier molecular flexibility index (Phi) is 4.94. The average Bonchev–Trinajstić information content (AvgIpc) is 2.85. The maximum Gasteiger partial charge on any atom is 0.410 e. The topological polar surface area (TPSA) is 45.7 Å². The molecule has 0 unspecified atom stereocenters. The van der Waals surface area contributed by atoms with Gasteiger partial charge in [-0.3, -0.25) is 0 Å². The molecule has 1 aromatic heterocycles. The van der Waals surface area contributed by atoms with E-state index < -0.39 is 5.60 Å². The quantitative estimate of drug-likeness (QED) is 0.860. The van der Waals surface area contributed by atoms with Crippen LogP contribution in [0.1, 0.15) is 39.2 Å². The minimum atomic E-state index is -0.450. The fourth-order valence-electron chi connectivity index (χ4n) is 2.73. The Morgan fingerprint density at radius 2 is 2.23 bits per heavy atom.